The van der Waals surface area contributed by atoms with Crippen LogP contribution in [-0.4, -0.2) is 128 Å². The van der Waals surface area contributed by atoms with E-state index in [0.717, 1.165) is 25.1 Å². The normalized spacial score (nSPS) is 40.8. The van der Waals surface area contributed by atoms with Crippen LogP contribution in [0.1, 0.15) is 86.3 Å². The molecule has 0 saturated carbocycles. The van der Waals surface area contributed by atoms with Crippen LogP contribution in [0.25, 0.3) is 0 Å². The van der Waals surface area contributed by atoms with E-state index in [1.807, 2.05) is 32.7 Å². The lowest BCUT2D eigenvalue weighted by Crippen LogP contribution is -2.55. The van der Waals surface area contributed by atoms with Crippen LogP contribution in [0.4, 0.5) is 0 Å². The van der Waals surface area contributed by atoms with Crippen LogP contribution < -0.4 is 0 Å². The molecule has 3 rings (SSSR count). The van der Waals surface area contributed by atoms with Gasteiger partial charge in [-0.15, -0.1) is 0 Å². The SMILES string of the molecule is CC[C@H]1OC(=O)[C@H](C)C[C@H](C)[C@@H](O[C@H]2C[C@@H](N(C)CCc3cn[nH]n3)C[C@@H](C)O2)[C@](C)(O)C[C@@H](C)CN(C)C[C@@H](O)[C@]1(C)O. The van der Waals surface area contributed by atoms with Crippen molar-refractivity contribution in [1.29, 1.82) is 0 Å². The molecular formula is C32H59N5O7. The third-order valence-electron chi connectivity index (χ3n) is 9.64. The van der Waals surface area contributed by atoms with Gasteiger partial charge in [0.25, 0.3) is 0 Å². The Morgan fingerprint density at radius 3 is 2.50 bits per heavy atom. The molecule has 1 aromatic heterocycles. The number of aromatic nitrogens is 3. The van der Waals surface area contributed by atoms with Gasteiger partial charge in [-0.25, -0.2) is 0 Å². The minimum atomic E-state index is -1.61. The number of β-amino-alcohol motifs (C(OH)–C–C–N with tert-alkyl or cyclic N) is 1. The van der Waals surface area contributed by atoms with E-state index in [0.29, 0.717) is 32.2 Å². The number of cyclic esters (lactones) is 1. The zero-order valence-corrected chi connectivity index (χ0v) is 28.4. The molecule has 0 spiro atoms. The monoisotopic (exact) mass is 625 g/mol. The Morgan fingerprint density at radius 1 is 1.16 bits per heavy atom. The fraction of sp³-hybridized carbons (Fsp3) is 0.906. The number of aromatic amines is 1. The molecule has 2 saturated heterocycles. The predicted octanol–water partition coefficient (Wildman–Crippen LogP) is 2.38. The quantitative estimate of drug-likeness (QED) is 0.330. The van der Waals surface area contributed by atoms with Crippen molar-refractivity contribution in [2.75, 3.05) is 33.7 Å². The molecule has 0 aliphatic carbocycles. The molecule has 12 heteroatoms. The maximum Gasteiger partial charge on any atom is 0.309 e. The maximum absolute atomic E-state index is 13.3. The number of carbonyl (C=O) groups is 1. The number of aliphatic hydroxyl groups is 3. The van der Waals surface area contributed by atoms with Crippen LogP contribution in [0.15, 0.2) is 6.20 Å². The van der Waals surface area contributed by atoms with E-state index in [4.69, 9.17) is 14.2 Å². The fourth-order valence-corrected chi connectivity index (χ4v) is 7.23. The Labute approximate surface area is 263 Å². The lowest BCUT2D eigenvalue weighted by molar-refractivity contribution is -0.262. The van der Waals surface area contributed by atoms with Crippen molar-refractivity contribution in [3.05, 3.63) is 11.9 Å². The van der Waals surface area contributed by atoms with Gasteiger partial charge in [0, 0.05) is 38.5 Å². The van der Waals surface area contributed by atoms with Crippen molar-refractivity contribution >= 4 is 5.97 Å². The van der Waals surface area contributed by atoms with Crippen molar-refractivity contribution < 1.29 is 34.3 Å². The summed E-state index contributed by atoms with van der Waals surface area (Å²) in [6.07, 6.45) is 2.13. The number of hydrogen-bond acceptors (Lipinski definition) is 11. The van der Waals surface area contributed by atoms with E-state index in [-0.39, 0.29) is 30.5 Å². The van der Waals surface area contributed by atoms with Gasteiger partial charge < -0.3 is 39.3 Å². The first-order valence-corrected chi connectivity index (χ1v) is 16.4. The minimum absolute atomic E-state index is 0.0255. The standard InChI is InChI=1S/C32H59N5O7/c1-10-27-32(7,41)26(38)19-36(8)18-20(2)16-31(6,40)29(21(3)13-22(4)30(39)43-27)44-28-15-25(14-23(5)42-28)37(9)12-11-24-17-33-35-34-24/h17,20-23,25-29,38,40-41H,10-16,18-19H2,1-9H3,(H,33,34,35)/t20-,21+,22-,23-,25+,26-,27-,28+,29-,31-,32+/m1/s1. The topological polar surface area (TPSA) is 154 Å². The van der Waals surface area contributed by atoms with Crippen molar-refractivity contribution in [2.24, 2.45) is 17.8 Å². The van der Waals surface area contributed by atoms with Crippen molar-refractivity contribution in [1.82, 2.24) is 25.2 Å². The zero-order valence-electron chi connectivity index (χ0n) is 28.4. The summed E-state index contributed by atoms with van der Waals surface area (Å²) in [7, 11) is 3.98. The summed E-state index contributed by atoms with van der Waals surface area (Å²) in [6, 6.07) is 0.227. The molecule has 254 valence electrons. The van der Waals surface area contributed by atoms with Crippen LogP contribution >= 0.6 is 0 Å². The molecule has 2 aliphatic rings. The highest BCUT2D eigenvalue weighted by molar-refractivity contribution is 5.72. The van der Waals surface area contributed by atoms with Crippen molar-refractivity contribution in [2.45, 2.75) is 135 Å². The molecule has 2 aliphatic heterocycles. The average Bonchev–Trinajstić information content (AvgIpc) is 3.45. The van der Waals surface area contributed by atoms with Gasteiger partial charge in [-0.2, -0.15) is 15.4 Å². The summed E-state index contributed by atoms with van der Waals surface area (Å²) >= 11 is 0. The summed E-state index contributed by atoms with van der Waals surface area (Å²) in [6.45, 7) is 14.7. The molecule has 3 heterocycles. The van der Waals surface area contributed by atoms with Gasteiger partial charge in [-0.3, -0.25) is 4.79 Å². The van der Waals surface area contributed by atoms with Crippen molar-refractivity contribution in [3.63, 3.8) is 0 Å². The number of rotatable bonds is 7. The summed E-state index contributed by atoms with van der Waals surface area (Å²) in [5.41, 5.74) is -1.92. The lowest BCUT2D eigenvalue weighted by atomic mass is 9.79. The summed E-state index contributed by atoms with van der Waals surface area (Å²) in [5.74, 6) is -1.12. The highest BCUT2D eigenvalue weighted by Crippen LogP contribution is 2.36. The summed E-state index contributed by atoms with van der Waals surface area (Å²) < 4.78 is 18.8. The number of nitrogens with one attached hydrogen (secondary N) is 1. The van der Waals surface area contributed by atoms with E-state index in [1.54, 1.807) is 13.1 Å². The molecule has 4 N–H and O–H groups in total. The van der Waals surface area contributed by atoms with Crippen LogP contribution in [0.3, 0.4) is 0 Å². The second kappa shape index (κ2) is 15.8. The van der Waals surface area contributed by atoms with E-state index in [2.05, 4.69) is 41.2 Å². The molecule has 2 fully saturated rings. The molecular weight excluding hydrogens is 566 g/mol. The number of hydrogen-bond donors (Lipinski definition) is 4. The predicted molar refractivity (Wildman–Crippen MR) is 167 cm³/mol. The van der Waals surface area contributed by atoms with Gasteiger partial charge in [0.05, 0.1) is 41.7 Å². The number of aliphatic hydroxyl groups excluding tert-OH is 1. The molecule has 12 nitrogen and oxygen atoms in total. The largest absolute Gasteiger partial charge is 0.459 e. The second-order valence-corrected chi connectivity index (χ2v) is 14.3. The van der Waals surface area contributed by atoms with E-state index < -0.39 is 47.7 Å². The second-order valence-electron chi connectivity index (χ2n) is 14.3. The fourth-order valence-electron chi connectivity index (χ4n) is 7.23. The number of ether oxygens (including phenoxy) is 3. The molecule has 0 radical (unpaired) electrons. The van der Waals surface area contributed by atoms with Gasteiger partial charge in [-0.05, 0) is 72.4 Å². The Balaban J connectivity index is 1.81. The number of carbonyl (C=O) groups excluding carboxylic acids is 1. The number of nitrogens with zero attached hydrogens (tertiary/aromatic N) is 4. The molecule has 0 bridgehead atoms. The number of H-pyrrole nitrogens is 1. The van der Waals surface area contributed by atoms with E-state index >= 15 is 0 Å². The van der Waals surface area contributed by atoms with Crippen LogP contribution in [0, 0.1) is 17.8 Å². The first kappa shape index (κ1) is 36.8. The molecule has 44 heavy (non-hydrogen) atoms. The van der Waals surface area contributed by atoms with Gasteiger partial charge >= 0.3 is 5.97 Å². The molecule has 0 aromatic carbocycles. The van der Waals surface area contributed by atoms with Crippen LogP contribution in [0.2, 0.25) is 0 Å². The Bertz CT molecular complexity index is 1010. The summed E-state index contributed by atoms with van der Waals surface area (Å²) in [5, 5.41) is 45.0. The van der Waals surface area contributed by atoms with Gasteiger partial charge in [-0.1, -0.05) is 27.7 Å². The van der Waals surface area contributed by atoms with Crippen LogP contribution in [-0.2, 0) is 25.4 Å². The Morgan fingerprint density at radius 2 is 1.86 bits per heavy atom. The smallest absolute Gasteiger partial charge is 0.309 e. The molecule has 1 aromatic rings. The van der Waals surface area contributed by atoms with E-state index in [9.17, 15) is 20.1 Å². The van der Waals surface area contributed by atoms with Gasteiger partial charge in [0.1, 0.15) is 11.7 Å². The molecule has 11 atom stereocenters. The van der Waals surface area contributed by atoms with Gasteiger partial charge in [0.2, 0.25) is 0 Å². The highest BCUT2D eigenvalue weighted by atomic mass is 16.7. The third-order valence-corrected chi connectivity index (χ3v) is 9.64. The zero-order chi connectivity index (χ0) is 32.8. The Hall–Kier alpha value is -1.67. The third kappa shape index (κ3) is 9.91. The molecule has 0 unspecified atom stereocenters. The minimum Gasteiger partial charge on any atom is -0.459 e. The first-order chi connectivity index (χ1) is 20.5. The van der Waals surface area contributed by atoms with Crippen molar-refractivity contribution in [3.8, 4) is 0 Å². The summed E-state index contributed by atoms with van der Waals surface area (Å²) in [4.78, 5) is 17.5. The maximum atomic E-state index is 13.3. The Kier molecular flexibility index (Phi) is 13.2. The highest BCUT2D eigenvalue weighted by Gasteiger charge is 2.45. The first-order valence-electron chi connectivity index (χ1n) is 16.4. The average molecular weight is 626 g/mol. The molecule has 0 amide bonds. The van der Waals surface area contributed by atoms with Gasteiger partial charge in [0.15, 0.2) is 6.29 Å². The number of esters is 1. The number of likely N-dealkylation sites (N-methyl/N-ethyl adjacent to an activating group) is 2. The lowest BCUT2D eigenvalue weighted by Gasteiger charge is -2.44. The van der Waals surface area contributed by atoms with Crippen LogP contribution in [0.5, 0.6) is 0 Å². The van der Waals surface area contributed by atoms with E-state index in [1.165, 1.54) is 6.92 Å².